The first-order chi connectivity index (χ1) is 13.9. The Bertz CT molecular complexity index is 1080. The topological polar surface area (TPSA) is 69.2 Å². The molecule has 0 saturated carbocycles. The van der Waals surface area contributed by atoms with Gasteiger partial charge in [0.1, 0.15) is 23.0 Å². The highest BCUT2D eigenvalue weighted by molar-refractivity contribution is 6.01. The smallest absolute Gasteiger partial charge is 0.181 e. The van der Waals surface area contributed by atoms with Gasteiger partial charge in [-0.3, -0.25) is 14.6 Å². The third-order valence-corrected chi connectivity index (χ3v) is 4.59. The van der Waals surface area contributed by atoms with Gasteiger partial charge in [-0.2, -0.15) is 0 Å². The number of aromatic nitrogens is 2. The molecule has 0 N–H and O–H groups in total. The SMILES string of the molecule is COc1ccc(C(=O)CCC(=O)c2ccnc(C)c2)nc1-c1ccc(F)c(C)c1. The van der Waals surface area contributed by atoms with Crippen molar-refractivity contribution in [3.8, 4) is 17.0 Å². The van der Waals surface area contributed by atoms with Crippen molar-refractivity contribution in [2.75, 3.05) is 7.11 Å². The van der Waals surface area contributed by atoms with Gasteiger partial charge in [-0.1, -0.05) is 0 Å². The molecule has 2 heterocycles. The molecular weight excluding hydrogens is 371 g/mol. The van der Waals surface area contributed by atoms with Crippen LogP contribution in [0.25, 0.3) is 11.3 Å². The van der Waals surface area contributed by atoms with E-state index in [1.165, 1.54) is 13.2 Å². The maximum absolute atomic E-state index is 13.6. The van der Waals surface area contributed by atoms with E-state index in [0.29, 0.717) is 28.1 Å². The summed E-state index contributed by atoms with van der Waals surface area (Å²) in [5.74, 6) is -0.195. The molecule has 3 rings (SSSR count). The predicted molar refractivity (Wildman–Crippen MR) is 108 cm³/mol. The van der Waals surface area contributed by atoms with E-state index < -0.39 is 0 Å². The van der Waals surface area contributed by atoms with Gasteiger partial charge in [0.15, 0.2) is 11.6 Å². The molecule has 6 heteroatoms. The minimum Gasteiger partial charge on any atom is -0.494 e. The summed E-state index contributed by atoms with van der Waals surface area (Å²) >= 11 is 0. The zero-order valence-corrected chi connectivity index (χ0v) is 16.5. The molecule has 5 nitrogen and oxygen atoms in total. The standard InChI is InChI=1S/C23H21FN2O3/c1-14-12-17(4-5-18(14)24)23-22(29-3)9-6-19(26-23)21(28)8-7-20(27)16-10-11-25-15(2)13-16/h4-6,9-13H,7-8H2,1-3H3. The van der Waals surface area contributed by atoms with Crippen LogP contribution >= 0.6 is 0 Å². The fourth-order valence-electron chi connectivity index (χ4n) is 2.98. The Kier molecular flexibility index (Phi) is 6.12. The van der Waals surface area contributed by atoms with Crippen molar-refractivity contribution in [1.82, 2.24) is 9.97 Å². The zero-order valence-electron chi connectivity index (χ0n) is 16.5. The number of hydrogen-bond donors (Lipinski definition) is 0. The van der Waals surface area contributed by atoms with Gasteiger partial charge in [-0.25, -0.2) is 9.37 Å². The van der Waals surface area contributed by atoms with Crippen LogP contribution in [0.15, 0.2) is 48.7 Å². The van der Waals surface area contributed by atoms with Crippen LogP contribution in [0.3, 0.4) is 0 Å². The summed E-state index contributed by atoms with van der Waals surface area (Å²) < 4.78 is 18.9. The molecule has 0 atom stereocenters. The number of hydrogen-bond acceptors (Lipinski definition) is 5. The van der Waals surface area contributed by atoms with Gasteiger partial charge in [0.25, 0.3) is 0 Å². The highest BCUT2D eigenvalue weighted by Crippen LogP contribution is 2.29. The lowest BCUT2D eigenvalue weighted by Gasteiger charge is -2.11. The fraction of sp³-hybridized carbons (Fsp3) is 0.217. The largest absolute Gasteiger partial charge is 0.494 e. The van der Waals surface area contributed by atoms with Crippen molar-refractivity contribution in [2.45, 2.75) is 26.7 Å². The third-order valence-electron chi connectivity index (χ3n) is 4.59. The lowest BCUT2D eigenvalue weighted by Crippen LogP contribution is -2.08. The Morgan fingerprint density at radius 2 is 1.76 bits per heavy atom. The van der Waals surface area contributed by atoms with Gasteiger partial charge in [0.05, 0.1) is 7.11 Å². The van der Waals surface area contributed by atoms with E-state index in [1.807, 2.05) is 6.92 Å². The third kappa shape index (κ3) is 4.71. The molecule has 3 aromatic rings. The number of rotatable bonds is 7. The van der Waals surface area contributed by atoms with Gasteiger partial charge in [0, 0.05) is 35.9 Å². The minimum absolute atomic E-state index is 0.0431. The summed E-state index contributed by atoms with van der Waals surface area (Å²) in [5.41, 5.74) is 3.10. The summed E-state index contributed by atoms with van der Waals surface area (Å²) in [7, 11) is 1.51. The molecule has 0 unspecified atom stereocenters. The van der Waals surface area contributed by atoms with E-state index >= 15 is 0 Å². The predicted octanol–water partition coefficient (Wildman–Crippen LogP) is 4.75. The Balaban J connectivity index is 1.80. The number of carbonyl (C=O) groups excluding carboxylic acids is 2. The molecule has 2 aromatic heterocycles. The van der Waals surface area contributed by atoms with Crippen LogP contribution in [0.2, 0.25) is 0 Å². The van der Waals surface area contributed by atoms with Crippen LogP contribution in [0.5, 0.6) is 5.75 Å². The average molecular weight is 392 g/mol. The van der Waals surface area contributed by atoms with E-state index in [1.54, 1.807) is 49.5 Å². The number of halogens is 1. The van der Waals surface area contributed by atoms with E-state index in [9.17, 15) is 14.0 Å². The molecule has 0 fully saturated rings. The Morgan fingerprint density at radius 1 is 1.00 bits per heavy atom. The van der Waals surface area contributed by atoms with Crippen molar-refractivity contribution in [1.29, 1.82) is 0 Å². The molecule has 148 valence electrons. The fourth-order valence-corrected chi connectivity index (χ4v) is 2.98. The normalized spacial score (nSPS) is 10.6. The first kappa shape index (κ1) is 20.3. The maximum atomic E-state index is 13.6. The number of methoxy groups -OCH3 is 1. The zero-order chi connectivity index (χ0) is 21.0. The summed E-state index contributed by atoms with van der Waals surface area (Å²) in [6, 6.07) is 11.2. The second-order valence-corrected chi connectivity index (χ2v) is 6.74. The van der Waals surface area contributed by atoms with Gasteiger partial charge in [-0.15, -0.1) is 0 Å². The maximum Gasteiger partial charge on any atom is 0.181 e. The molecule has 0 aliphatic carbocycles. The first-order valence-corrected chi connectivity index (χ1v) is 9.19. The summed E-state index contributed by atoms with van der Waals surface area (Å²) in [5, 5.41) is 0. The number of pyridine rings is 2. The molecule has 0 aliphatic heterocycles. The summed E-state index contributed by atoms with van der Waals surface area (Å²) in [6.07, 6.45) is 1.70. The van der Waals surface area contributed by atoms with Crippen LogP contribution in [0, 0.1) is 19.7 Å². The second-order valence-electron chi connectivity index (χ2n) is 6.74. The molecule has 0 saturated heterocycles. The van der Waals surface area contributed by atoms with Gasteiger partial charge < -0.3 is 4.74 Å². The Morgan fingerprint density at radius 3 is 2.45 bits per heavy atom. The molecular formula is C23H21FN2O3. The van der Waals surface area contributed by atoms with Gasteiger partial charge in [0.2, 0.25) is 0 Å². The molecule has 0 bridgehead atoms. The van der Waals surface area contributed by atoms with E-state index in [4.69, 9.17) is 4.74 Å². The van der Waals surface area contributed by atoms with Crippen molar-refractivity contribution in [3.63, 3.8) is 0 Å². The summed E-state index contributed by atoms with van der Waals surface area (Å²) in [6.45, 7) is 3.47. The van der Waals surface area contributed by atoms with Crippen LogP contribution in [-0.2, 0) is 0 Å². The number of ether oxygens (including phenoxy) is 1. The summed E-state index contributed by atoms with van der Waals surface area (Å²) in [4.78, 5) is 33.5. The molecule has 0 aliphatic rings. The van der Waals surface area contributed by atoms with E-state index in [2.05, 4.69) is 9.97 Å². The van der Waals surface area contributed by atoms with E-state index in [0.717, 1.165) is 5.69 Å². The van der Waals surface area contributed by atoms with Crippen LogP contribution in [-0.4, -0.2) is 28.6 Å². The number of Topliss-reactive ketones (excluding diaryl/α,β-unsaturated/α-hetero) is 2. The Hall–Kier alpha value is -3.41. The first-order valence-electron chi connectivity index (χ1n) is 9.19. The van der Waals surface area contributed by atoms with Crippen molar-refractivity contribution in [2.24, 2.45) is 0 Å². The molecule has 1 aromatic carbocycles. The second kappa shape index (κ2) is 8.73. The van der Waals surface area contributed by atoms with Crippen LogP contribution in [0.4, 0.5) is 4.39 Å². The molecule has 0 radical (unpaired) electrons. The molecule has 0 amide bonds. The highest BCUT2D eigenvalue weighted by atomic mass is 19.1. The van der Waals surface area contributed by atoms with Crippen molar-refractivity contribution >= 4 is 11.6 Å². The highest BCUT2D eigenvalue weighted by Gasteiger charge is 2.16. The van der Waals surface area contributed by atoms with Crippen LogP contribution < -0.4 is 4.74 Å². The van der Waals surface area contributed by atoms with E-state index in [-0.39, 0.29) is 35.9 Å². The van der Waals surface area contributed by atoms with Gasteiger partial charge >= 0.3 is 0 Å². The number of benzene rings is 1. The Labute approximate surface area is 168 Å². The average Bonchev–Trinajstić information content (AvgIpc) is 2.73. The quantitative estimate of drug-likeness (QED) is 0.543. The molecule has 29 heavy (non-hydrogen) atoms. The molecule has 0 spiro atoms. The van der Waals surface area contributed by atoms with Crippen molar-refractivity contribution in [3.05, 3.63) is 77.0 Å². The van der Waals surface area contributed by atoms with Crippen LogP contribution in [0.1, 0.15) is 44.9 Å². The number of ketones is 2. The monoisotopic (exact) mass is 392 g/mol. The van der Waals surface area contributed by atoms with Gasteiger partial charge in [-0.05, 0) is 61.9 Å². The number of nitrogens with zero attached hydrogens (tertiary/aromatic N) is 2. The lowest BCUT2D eigenvalue weighted by molar-refractivity contribution is 0.0915. The number of carbonyl (C=O) groups is 2. The lowest BCUT2D eigenvalue weighted by atomic mass is 10.0. The van der Waals surface area contributed by atoms with Crippen molar-refractivity contribution < 1.29 is 18.7 Å². The minimum atomic E-state index is -0.315. The number of aryl methyl sites for hydroxylation is 2.